The number of aryl methyl sites for hydroxylation is 1. The van der Waals surface area contributed by atoms with Gasteiger partial charge in [-0.05, 0) is 77.2 Å². The highest BCUT2D eigenvalue weighted by Crippen LogP contribution is 2.17. The first-order valence-corrected chi connectivity index (χ1v) is 9.38. The van der Waals surface area contributed by atoms with Crippen molar-refractivity contribution in [3.8, 4) is 0 Å². The van der Waals surface area contributed by atoms with Crippen LogP contribution in [0.5, 0.6) is 0 Å². The van der Waals surface area contributed by atoms with E-state index in [9.17, 15) is 4.79 Å². The summed E-state index contributed by atoms with van der Waals surface area (Å²) >= 11 is 0. The van der Waals surface area contributed by atoms with Crippen LogP contribution in [0, 0.1) is 12.8 Å². The molecule has 0 aliphatic carbocycles. The molecule has 26 heavy (non-hydrogen) atoms. The number of hydrogen-bond donors (Lipinski definition) is 3. The van der Waals surface area contributed by atoms with Gasteiger partial charge in [0, 0.05) is 17.8 Å². The van der Waals surface area contributed by atoms with Gasteiger partial charge in [-0.3, -0.25) is 14.7 Å². The van der Waals surface area contributed by atoms with Gasteiger partial charge in [0.2, 0.25) is 5.91 Å². The van der Waals surface area contributed by atoms with Gasteiger partial charge in [-0.15, -0.1) is 0 Å². The predicted octanol–water partition coefficient (Wildman–Crippen LogP) is 2.35. The summed E-state index contributed by atoms with van der Waals surface area (Å²) < 4.78 is 0. The van der Waals surface area contributed by atoms with Crippen LogP contribution in [0.2, 0.25) is 0 Å². The SMILES string of the molecule is Cc1cccc(NC(N)=NCC2CCN(CC(=O)NC(C)(C)C)CC2)c1. The molecule has 0 unspecified atom stereocenters. The Balaban J connectivity index is 1.72. The van der Waals surface area contributed by atoms with E-state index in [1.165, 1.54) is 5.56 Å². The average molecular weight is 360 g/mol. The summed E-state index contributed by atoms with van der Waals surface area (Å²) in [6.45, 7) is 11.1. The zero-order valence-electron chi connectivity index (χ0n) is 16.5. The van der Waals surface area contributed by atoms with Crippen LogP contribution < -0.4 is 16.4 Å². The van der Waals surface area contributed by atoms with E-state index in [4.69, 9.17) is 5.73 Å². The molecule has 144 valence electrons. The fraction of sp³-hybridized carbons (Fsp3) is 0.600. The van der Waals surface area contributed by atoms with Crippen molar-refractivity contribution in [2.45, 2.75) is 46.1 Å². The Kier molecular flexibility index (Phi) is 7.03. The number of nitrogens with one attached hydrogen (secondary N) is 2. The third-order valence-electron chi connectivity index (χ3n) is 4.40. The van der Waals surface area contributed by atoms with Crippen molar-refractivity contribution >= 4 is 17.6 Å². The van der Waals surface area contributed by atoms with Gasteiger partial charge in [0.15, 0.2) is 5.96 Å². The van der Waals surface area contributed by atoms with Gasteiger partial charge in [0.05, 0.1) is 6.54 Å². The van der Waals surface area contributed by atoms with Crippen molar-refractivity contribution < 1.29 is 4.79 Å². The number of benzene rings is 1. The second-order valence-corrected chi connectivity index (χ2v) is 8.24. The third-order valence-corrected chi connectivity index (χ3v) is 4.40. The van der Waals surface area contributed by atoms with Crippen LogP contribution in [0.15, 0.2) is 29.3 Å². The van der Waals surface area contributed by atoms with Gasteiger partial charge in [0.1, 0.15) is 0 Å². The average Bonchev–Trinajstić information content (AvgIpc) is 2.52. The van der Waals surface area contributed by atoms with Crippen LogP contribution in [-0.2, 0) is 4.79 Å². The highest BCUT2D eigenvalue weighted by molar-refractivity contribution is 5.92. The van der Waals surface area contributed by atoms with Crippen molar-refractivity contribution in [3.05, 3.63) is 29.8 Å². The lowest BCUT2D eigenvalue weighted by Gasteiger charge is -2.31. The molecule has 0 aromatic heterocycles. The first-order chi connectivity index (χ1) is 12.2. The summed E-state index contributed by atoms with van der Waals surface area (Å²) in [7, 11) is 0. The summed E-state index contributed by atoms with van der Waals surface area (Å²) in [4.78, 5) is 18.7. The van der Waals surface area contributed by atoms with Crippen LogP contribution in [0.4, 0.5) is 5.69 Å². The van der Waals surface area contributed by atoms with Crippen molar-refractivity contribution in [1.29, 1.82) is 0 Å². The Morgan fingerprint density at radius 2 is 2.00 bits per heavy atom. The Morgan fingerprint density at radius 1 is 1.31 bits per heavy atom. The Labute approximate surface area is 157 Å². The quantitative estimate of drug-likeness (QED) is 0.557. The first-order valence-electron chi connectivity index (χ1n) is 9.38. The second-order valence-electron chi connectivity index (χ2n) is 8.24. The summed E-state index contributed by atoms with van der Waals surface area (Å²) in [5, 5.41) is 6.16. The second kappa shape index (κ2) is 9.03. The molecule has 1 fully saturated rings. The molecule has 0 saturated carbocycles. The lowest BCUT2D eigenvalue weighted by atomic mass is 9.97. The summed E-state index contributed by atoms with van der Waals surface area (Å²) in [5.41, 5.74) is 7.98. The maximum absolute atomic E-state index is 12.0. The largest absolute Gasteiger partial charge is 0.370 e. The van der Waals surface area contributed by atoms with Gasteiger partial charge >= 0.3 is 0 Å². The lowest BCUT2D eigenvalue weighted by Crippen LogP contribution is -2.47. The number of guanidine groups is 1. The van der Waals surface area contributed by atoms with E-state index in [1.54, 1.807) is 0 Å². The Morgan fingerprint density at radius 3 is 2.62 bits per heavy atom. The molecule has 1 amide bonds. The fourth-order valence-electron chi connectivity index (χ4n) is 3.13. The summed E-state index contributed by atoms with van der Waals surface area (Å²) in [6.07, 6.45) is 2.09. The van der Waals surface area contributed by atoms with Crippen LogP contribution in [0.1, 0.15) is 39.2 Å². The molecule has 1 aromatic rings. The minimum absolute atomic E-state index is 0.0977. The molecular weight excluding hydrogens is 326 g/mol. The molecule has 0 bridgehead atoms. The number of nitrogens with two attached hydrogens (primary N) is 1. The van der Waals surface area contributed by atoms with Crippen molar-refractivity contribution in [2.24, 2.45) is 16.6 Å². The molecule has 4 N–H and O–H groups in total. The predicted molar refractivity (Wildman–Crippen MR) is 108 cm³/mol. The summed E-state index contributed by atoms with van der Waals surface area (Å²) in [5.74, 6) is 1.08. The molecule has 1 aromatic carbocycles. The molecule has 0 radical (unpaired) electrons. The molecule has 1 saturated heterocycles. The number of rotatable bonds is 5. The van der Waals surface area contributed by atoms with E-state index in [2.05, 4.69) is 20.5 Å². The minimum Gasteiger partial charge on any atom is -0.370 e. The van der Waals surface area contributed by atoms with Gasteiger partial charge in [-0.25, -0.2) is 0 Å². The number of amides is 1. The van der Waals surface area contributed by atoms with E-state index < -0.39 is 0 Å². The first kappa shape index (κ1) is 20.2. The number of aliphatic imine (C=N–C) groups is 1. The van der Waals surface area contributed by atoms with Crippen molar-refractivity contribution in [2.75, 3.05) is 31.5 Å². The molecule has 0 atom stereocenters. The van der Waals surface area contributed by atoms with E-state index >= 15 is 0 Å². The van der Waals surface area contributed by atoms with Gasteiger partial charge in [-0.1, -0.05) is 12.1 Å². The van der Waals surface area contributed by atoms with E-state index in [-0.39, 0.29) is 11.4 Å². The minimum atomic E-state index is -0.175. The fourth-order valence-corrected chi connectivity index (χ4v) is 3.13. The molecule has 6 nitrogen and oxygen atoms in total. The zero-order chi connectivity index (χ0) is 19.2. The number of anilines is 1. The lowest BCUT2D eigenvalue weighted by molar-refractivity contribution is -0.124. The Hall–Kier alpha value is -2.08. The standard InChI is InChI=1S/C20H33N5O/c1-15-6-5-7-17(12-15)23-19(21)22-13-16-8-10-25(11-9-16)14-18(26)24-20(2,3)4/h5-7,12,16H,8-11,13-14H2,1-4H3,(H,24,26)(H3,21,22,23). The highest BCUT2D eigenvalue weighted by atomic mass is 16.2. The zero-order valence-corrected chi connectivity index (χ0v) is 16.5. The number of hydrogen-bond acceptors (Lipinski definition) is 3. The monoisotopic (exact) mass is 359 g/mol. The molecule has 0 spiro atoms. The summed E-state index contributed by atoms with van der Waals surface area (Å²) in [6, 6.07) is 8.07. The molecule has 1 heterocycles. The van der Waals surface area contributed by atoms with E-state index in [0.29, 0.717) is 18.4 Å². The van der Waals surface area contributed by atoms with Gasteiger partial charge < -0.3 is 16.4 Å². The van der Waals surface area contributed by atoms with E-state index in [0.717, 1.165) is 38.2 Å². The smallest absolute Gasteiger partial charge is 0.234 e. The van der Waals surface area contributed by atoms with Gasteiger partial charge in [-0.2, -0.15) is 0 Å². The normalized spacial score (nSPS) is 17.2. The molecule has 6 heteroatoms. The molecule has 1 aliphatic rings. The van der Waals surface area contributed by atoms with E-state index in [1.807, 2.05) is 52.0 Å². The molecule has 2 rings (SSSR count). The number of piperidine rings is 1. The van der Waals surface area contributed by atoms with Crippen LogP contribution in [0.3, 0.4) is 0 Å². The maximum Gasteiger partial charge on any atom is 0.234 e. The molecule has 1 aliphatic heterocycles. The van der Waals surface area contributed by atoms with Crippen molar-refractivity contribution in [3.63, 3.8) is 0 Å². The molecular formula is C20H33N5O. The number of carbonyl (C=O) groups is 1. The number of carbonyl (C=O) groups excluding carboxylic acids is 1. The topological polar surface area (TPSA) is 82.8 Å². The highest BCUT2D eigenvalue weighted by Gasteiger charge is 2.22. The Bertz CT molecular complexity index is 627. The number of likely N-dealkylation sites (tertiary alicyclic amines) is 1. The van der Waals surface area contributed by atoms with Crippen molar-refractivity contribution in [1.82, 2.24) is 10.2 Å². The maximum atomic E-state index is 12.0. The third kappa shape index (κ3) is 7.44. The van der Waals surface area contributed by atoms with Gasteiger partial charge in [0.25, 0.3) is 0 Å². The number of nitrogens with zero attached hydrogens (tertiary/aromatic N) is 2. The van der Waals surface area contributed by atoms with Crippen LogP contribution in [-0.4, -0.2) is 48.5 Å². The van der Waals surface area contributed by atoms with Crippen LogP contribution in [0.25, 0.3) is 0 Å². The van der Waals surface area contributed by atoms with Crippen LogP contribution >= 0.6 is 0 Å².